The number of hydrogen-bond donors (Lipinski definition) is 0. The first-order valence-electron chi connectivity index (χ1n) is 7.52. The molecule has 1 aromatic heterocycles. The summed E-state index contributed by atoms with van der Waals surface area (Å²) >= 11 is 0. The van der Waals surface area contributed by atoms with E-state index in [9.17, 15) is 18.4 Å². The third-order valence-electron chi connectivity index (χ3n) is 3.52. The lowest BCUT2D eigenvalue weighted by Crippen LogP contribution is -2.41. The summed E-state index contributed by atoms with van der Waals surface area (Å²) in [6, 6.07) is 10.8. The number of rotatable bonds is 4. The van der Waals surface area contributed by atoms with Gasteiger partial charge in [0.25, 0.3) is 0 Å². The molecule has 3 aromatic rings. The Morgan fingerprint density at radius 2 is 1.73 bits per heavy atom. The summed E-state index contributed by atoms with van der Waals surface area (Å²) < 4.78 is 28.6. The quantitative estimate of drug-likeness (QED) is 0.531. The molecule has 1 heterocycles. The Morgan fingerprint density at radius 3 is 2.35 bits per heavy atom. The molecule has 0 bridgehead atoms. The van der Waals surface area contributed by atoms with Crippen LogP contribution in [0.5, 0.6) is 0 Å². The molecular formula is C17H13F2N5O2. The number of carbonyl (C=O) groups excluding carboxylic acids is 1. The normalized spacial score (nSPS) is 10.5. The number of halogens is 2. The Morgan fingerprint density at radius 1 is 1.08 bits per heavy atom. The van der Waals surface area contributed by atoms with Gasteiger partial charge in [0.05, 0.1) is 0 Å². The van der Waals surface area contributed by atoms with Crippen LogP contribution >= 0.6 is 0 Å². The van der Waals surface area contributed by atoms with E-state index < -0.39 is 29.0 Å². The largest absolute Gasteiger partial charge is 0.377 e. The topological polar surface area (TPSA) is 73.0 Å². The number of benzene rings is 2. The second-order valence-electron chi connectivity index (χ2n) is 5.17. The van der Waals surface area contributed by atoms with Crippen molar-refractivity contribution in [2.75, 3.05) is 11.4 Å². The van der Waals surface area contributed by atoms with E-state index in [1.54, 1.807) is 30.3 Å². The molecule has 0 saturated carbocycles. The van der Waals surface area contributed by atoms with Crippen LogP contribution in [0.3, 0.4) is 0 Å². The minimum atomic E-state index is -1.09. The number of tetrazole rings is 1. The Labute approximate surface area is 146 Å². The van der Waals surface area contributed by atoms with Crippen molar-refractivity contribution >= 4 is 11.7 Å². The maximum Gasteiger partial charge on any atom is 0.377 e. The van der Waals surface area contributed by atoms with Gasteiger partial charge < -0.3 is 0 Å². The van der Waals surface area contributed by atoms with Crippen molar-refractivity contribution in [2.45, 2.75) is 0 Å². The molecule has 132 valence electrons. The van der Waals surface area contributed by atoms with Gasteiger partial charge in [-0.1, -0.05) is 30.3 Å². The van der Waals surface area contributed by atoms with Crippen LogP contribution < -0.4 is 10.6 Å². The Kier molecular flexibility index (Phi) is 4.70. The summed E-state index contributed by atoms with van der Waals surface area (Å²) in [6.07, 6.45) is 1.47. The van der Waals surface area contributed by atoms with Crippen LogP contribution in [0.4, 0.5) is 19.3 Å². The summed E-state index contributed by atoms with van der Waals surface area (Å²) in [5.41, 5.74) is -1.30. The number of anilines is 1. The fourth-order valence-corrected chi connectivity index (χ4v) is 2.34. The minimum Gasteiger partial charge on any atom is -0.289 e. The zero-order valence-corrected chi connectivity index (χ0v) is 13.4. The second-order valence-corrected chi connectivity index (χ2v) is 5.17. The maximum absolute atomic E-state index is 13.9. The fraction of sp³-hybridized carbons (Fsp3) is 0.0588. The molecule has 0 unspecified atom stereocenters. The molecule has 0 aliphatic heterocycles. The molecule has 0 fully saturated rings. The third kappa shape index (κ3) is 3.02. The molecule has 0 spiro atoms. The van der Waals surface area contributed by atoms with Gasteiger partial charge in [0.2, 0.25) is 0 Å². The molecule has 2 aromatic carbocycles. The van der Waals surface area contributed by atoms with Crippen molar-refractivity contribution in [1.82, 2.24) is 19.8 Å². The van der Waals surface area contributed by atoms with Crippen LogP contribution in [-0.4, -0.2) is 32.4 Å². The van der Waals surface area contributed by atoms with Crippen LogP contribution in [-0.2, 0) is 0 Å². The molecule has 1 amide bonds. The van der Waals surface area contributed by atoms with Crippen molar-refractivity contribution in [3.63, 3.8) is 0 Å². The van der Waals surface area contributed by atoms with Gasteiger partial charge in [0, 0.05) is 12.2 Å². The fourth-order valence-electron chi connectivity index (χ4n) is 2.34. The molecule has 9 heteroatoms. The molecule has 7 nitrogen and oxygen atoms in total. The highest BCUT2D eigenvalue weighted by Gasteiger charge is 2.24. The molecule has 0 atom stereocenters. The average molecular weight is 357 g/mol. The lowest BCUT2D eigenvalue weighted by Gasteiger charge is -2.19. The van der Waals surface area contributed by atoms with Crippen LogP contribution in [0.2, 0.25) is 0 Å². The first-order chi connectivity index (χ1) is 12.5. The van der Waals surface area contributed by atoms with E-state index in [0.29, 0.717) is 15.1 Å². The van der Waals surface area contributed by atoms with E-state index >= 15 is 0 Å². The Hall–Kier alpha value is -3.62. The van der Waals surface area contributed by atoms with E-state index in [-0.39, 0.29) is 6.54 Å². The Balaban J connectivity index is 2.05. The second kappa shape index (κ2) is 7.09. The molecule has 0 radical (unpaired) electrons. The summed E-state index contributed by atoms with van der Waals surface area (Å²) in [5.74, 6) is -2.00. The van der Waals surface area contributed by atoms with E-state index in [4.69, 9.17) is 0 Å². The van der Waals surface area contributed by atoms with Crippen LogP contribution in [0.15, 0.2) is 66.0 Å². The van der Waals surface area contributed by atoms with Crippen LogP contribution in [0, 0.1) is 11.6 Å². The number of nitrogens with zero attached hydrogens (tertiary/aromatic N) is 5. The zero-order valence-electron chi connectivity index (χ0n) is 13.4. The van der Waals surface area contributed by atoms with E-state index in [2.05, 4.69) is 17.0 Å². The van der Waals surface area contributed by atoms with Gasteiger partial charge in [-0.05, 0) is 34.7 Å². The van der Waals surface area contributed by atoms with Gasteiger partial charge in [-0.3, -0.25) is 4.90 Å². The van der Waals surface area contributed by atoms with E-state index in [1.807, 2.05) is 0 Å². The number of aromatic nitrogens is 4. The third-order valence-corrected chi connectivity index (χ3v) is 3.52. The molecule has 0 N–H and O–H groups in total. The van der Waals surface area contributed by atoms with Crippen molar-refractivity contribution in [3.05, 3.63) is 83.3 Å². The summed E-state index contributed by atoms with van der Waals surface area (Å²) in [5, 5.41) is 6.89. The SMILES string of the molecule is C=CCN(C(=O)n1nnn(-c2c(F)cccc2F)c1=O)c1ccccc1. The minimum absolute atomic E-state index is 0.0935. The first-order valence-corrected chi connectivity index (χ1v) is 7.52. The maximum atomic E-state index is 13.9. The predicted octanol–water partition coefficient (Wildman–Crippen LogP) is 2.37. The van der Waals surface area contributed by atoms with E-state index in [1.165, 1.54) is 11.0 Å². The number of amides is 1. The van der Waals surface area contributed by atoms with Gasteiger partial charge in [-0.15, -0.1) is 11.3 Å². The molecule has 0 aliphatic rings. The standard InChI is InChI=1S/C17H13F2N5O2/c1-2-11-22(12-7-4-3-5-8-12)16(25)24-17(26)23(20-21-24)15-13(18)9-6-10-14(15)19/h2-10H,1,11H2. The number of carbonyl (C=O) groups is 1. The molecule has 3 rings (SSSR count). The number of para-hydroxylation sites is 2. The summed E-state index contributed by atoms with van der Waals surface area (Å²) in [7, 11) is 0. The lowest BCUT2D eigenvalue weighted by molar-refractivity contribution is 0.244. The monoisotopic (exact) mass is 357 g/mol. The van der Waals surface area contributed by atoms with Gasteiger partial charge in [0.1, 0.15) is 5.69 Å². The zero-order chi connectivity index (χ0) is 18.7. The summed E-state index contributed by atoms with van der Waals surface area (Å²) in [6.45, 7) is 3.67. The lowest BCUT2D eigenvalue weighted by atomic mass is 10.3. The van der Waals surface area contributed by atoms with Gasteiger partial charge in [-0.25, -0.2) is 18.4 Å². The summed E-state index contributed by atoms with van der Waals surface area (Å²) in [4.78, 5) is 26.4. The highest BCUT2D eigenvalue weighted by atomic mass is 19.1. The van der Waals surface area contributed by atoms with E-state index in [0.717, 1.165) is 18.2 Å². The molecule has 0 aliphatic carbocycles. The molecular weight excluding hydrogens is 344 g/mol. The van der Waals surface area contributed by atoms with Crippen molar-refractivity contribution < 1.29 is 13.6 Å². The predicted molar refractivity (Wildman–Crippen MR) is 90.3 cm³/mol. The first kappa shape index (κ1) is 17.2. The van der Waals surface area contributed by atoms with Crippen molar-refractivity contribution in [1.29, 1.82) is 0 Å². The number of hydrogen-bond acceptors (Lipinski definition) is 4. The van der Waals surface area contributed by atoms with Crippen LogP contribution in [0.1, 0.15) is 0 Å². The van der Waals surface area contributed by atoms with Crippen LogP contribution in [0.25, 0.3) is 5.69 Å². The van der Waals surface area contributed by atoms with Gasteiger partial charge >= 0.3 is 11.7 Å². The van der Waals surface area contributed by atoms with Gasteiger partial charge in [0.15, 0.2) is 11.6 Å². The average Bonchev–Trinajstić information content (AvgIpc) is 3.01. The highest BCUT2D eigenvalue weighted by Crippen LogP contribution is 2.16. The van der Waals surface area contributed by atoms with Crippen molar-refractivity contribution in [2.24, 2.45) is 0 Å². The molecule has 26 heavy (non-hydrogen) atoms. The Bertz CT molecular complexity index is 993. The highest BCUT2D eigenvalue weighted by molar-refractivity contribution is 5.93. The molecule has 0 saturated heterocycles. The van der Waals surface area contributed by atoms with Crippen molar-refractivity contribution in [3.8, 4) is 5.69 Å². The smallest absolute Gasteiger partial charge is 0.289 e. The van der Waals surface area contributed by atoms with Gasteiger partial charge in [-0.2, -0.15) is 4.68 Å².